The third-order valence-electron chi connectivity index (χ3n) is 3.48. The van der Waals surface area contributed by atoms with E-state index in [0.717, 1.165) is 4.90 Å². The molecule has 104 valence electrons. The van der Waals surface area contributed by atoms with Crippen molar-refractivity contribution in [2.75, 3.05) is 7.05 Å². The zero-order valence-electron chi connectivity index (χ0n) is 11.3. The molecule has 5 heteroatoms. The van der Waals surface area contributed by atoms with E-state index in [2.05, 4.69) is 13.2 Å². The standard InChI is InChI=1S/C15H16N2O3/c1-4-10-11(5-2)14(19)17(13(10)18)12-8-6-7-9-16(3)15(12)20/h4-5,7,9,12H,1-2,6,8H2,3H3/t12-/m0/s1. The third-order valence-corrected chi connectivity index (χ3v) is 3.48. The molecule has 0 aromatic rings. The highest BCUT2D eigenvalue weighted by molar-refractivity contribution is 6.23. The van der Waals surface area contributed by atoms with Crippen molar-refractivity contribution in [3.05, 3.63) is 48.7 Å². The summed E-state index contributed by atoms with van der Waals surface area (Å²) in [6.07, 6.45) is 7.22. The summed E-state index contributed by atoms with van der Waals surface area (Å²) in [5, 5.41) is 0. The van der Waals surface area contributed by atoms with Gasteiger partial charge in [0.05, 0.1) is 11.1 Å². The Balaban J connectivity index is 2.38. The van der Waals surface area contributed by atoms with Crippen molar-refractivity contribution in [3.63, 3.8) is 0 Å². The predicted molar refractivity (Wildman–Crippen MR) is 74.2 cm³/mol. The van der Waals surface area contributed by atoms with E-state index in [4.69, 9.17) is 0 Å². The number of nitrogens with zero attached hydrogens (tertiary/aromatic N) is 2. The first-order valence-electron chi connectivity index (χ1n) is 6.33. The zero-order chi connectivity index (χ0) is 14.9. The van der Waals surface area contributed by atoms with Gasteiger partial charge in [0.25, 0.3) is 11.8 Å². The van der Waals surface area contributed by atoms with Gasteiger partial charge in [-0.05, 0) is 12.8 Å². The lowest BCUT2D eigenvalue weighted by atomic mass is 10.1. The maximum atomic E-state index is 12.3. The quantitative estimate of drug-likeness (QED) is 0.724. The fourth-order valence-electron chi connectivity index (χ4n) is 2.42. The zero-order valence-corrected chi connectivity index (χ0v) is 11.3. The summed E-state index contributed by atoms with van der Waals surface area (Å²) >= 11 is 0. The molecule has 0 saturated carbocycles. The Hall–Kier alpha value is -2.43. The summed E-state index contributed by atoms with van der Waals surface area (Å²) < 4.78 is 0. The molecule has 1 atom stereocenters. The Morgan fingerprint density at radius 1 is 1.15 bits per heavy atom. The number of likely N-dealkylation sites (N-methyl/N-ethyl adjacent to an activating group) is 1. The van der Waals surface area contributed by atoms with Crippen LogP contribution in [0.5, 0.6) is 0 Å². The predicted octanol–water partition coefficient (Wildman–Crippen LogP) is 1.16. The van der Waals surface area contributed by atoms with Gasteiger partial charge in [0.2, 0.25) is 5.91 Å². The van der Waals surface area contributed by atoms with E-state index >= 15 is 0 Å². The van der Waals surface area contributed by atoms with E-state index in [1.54, 1.807) is 13.2 Å². The SMILES string of the molecule is C=CC1=C(C=C)C(=O)N([C@H]2CCC=CN(C)C2=O)C1=O. The van der Waals surface area contributed by atoms with Crippen LogP contribution in [0.2, 0.25) is 0 Å². The first kappa shape index (κ1) is 14.0. The van der Waals surface area contributed by atoms with Gasteiger partial charge in [-0.25, -0.2) is 0 Å². The molecule has 0 unspecified atom stereocenters. The van der Waals surface area contributed by atoms with Crippen molar-refractivity contribution in [2.24, 2.45) is 0 Å². The molecule has 3 amide bonds. The number of hydrogen-bond acceptors (Lipinski definition) is 3. The molecule has 0 N–H and O–H groups in total. The van der Waals surface area contributed by atoms with Gasteiger partial charge in [-0.3, -0.25) is 19.3 Å². The molecule has 2 aliphatic rings. The molecule has 2 heterocycles. The Bertz CT molecular complexity index is 542. The van der Waals surface area contributed by atoms with E-state index in [1.807, 2.05) is 6.08 Å². The van der Waals surface area contributed by atoms with Crippen molar-refractivity contribution in [3.8, 4) is 0 Å². The highest BCUT2D eigenvalue weighted by Gasteiger charge is 2.43. The van der Waals surface area contributed by atoms with Crippen molar-refractivity contribution >= 4 is 17.7 Å². The Labute approximate surface area is 117 Å². The average Bonchev–Trinajstić information content (AvgIpc) is 2.56. The van der Waals surface area contributed by atoms with E-state index < -0.39 is 17.9 Å². The Kier molecular flexibility index (Phi) is 3.70. The minimum atomic E-state index is -0.776. The Morgan fingerprint density at radius 3 is 2.20 bits per heavy atom. The van der Waals surface area contributed by atoms with Crippen LogP contribution in [-0.2, 0) is 14.4 Å². The molecular weight excluding hydrogens is 256 g/mol. The van der Waals surface area contributed by atoms with Gasteiger partial charge in [0.15, 0.2) is 0 Å². The van der Waals surface area contributed by atoms with Crippen LogP contribution in [0.15, 0.2) is 48.7 Å². The van der Waals surface area contributed by atoms with Gasteiger partial charge in [-0.15, -0.1) is 0 Å². The van der Waals surface area contributed by atoms with Crippen LogP contribution >= 0.6 is 0 Å². The van der Waals surface area contributed by atoms with Crippen LogP contribution in [0.3, 0.4) is 0 Å². The molecule has 0 spiro atoms. The first-order valence-corrected chi connectivity index (χ1v) is 6.33. The second kappa shape index (κ2) is 5.28. The molecule has 2 aliphatic heterocycles. The third kappa shape index (κ3) is 2.01. The van der Waals surface area contributed by atoms with Gasteiger partial charge in [-0.2, -0.15) is 0 Å². The van der Waals surface area contributed by atoms with E-state index in [-0.39, 0.29) is 17.1 Å². The number of allylic oxidation sites excluding steroid dienone is 1. The molecule has 0 aromatic heterocycles. The normalized spacial score (nSPS) is 23.4. The summed E-state index contributed by atoms with van der Waals surface area (Å²) in [5.74, 6) is -1.23. The molecular formula is C15H16N2O3. The van der Waals surface area contributed by atoms with E-state index in [9.17, 15) is 14.4 Å². The van der Waals surface area contributed by atoms with Gasteiger partial charge < -0.3 is 4.90 Å². The fourth-order valence-corrected chi connectivity index (χ4v) is 2.42. The fraction of sp³-hybridized carbons (Fsp3) is 0.267. The topological polar surface area (TPSA) is 57.7 Å². The Morgan fingerprint density at radius 2 is 1.70 bits per heavy atom. The van der Waals surface area contributed by atoms with Crippen molar-refractivity contribution in [1.82, 2.24) is 9.80 Å². The van der Waals surface area contributed by atoms with Crippen molar-refractivity contribution in [1.29, 1.82) is 0 Å². The molecule has 0 saturated heterocycles. The van der Waals surface area contributed by atoms with Crippen molar-refractivity contribution < 1.29 is 14.4 Å². The number of rotatable bonds is 3. The van der Waals surface area contributed by atoms with Gasteiger partial charge in [-0.1, -0.05) is 31.4 Å². The van der Waals surface area contributed by atoms with Gasteiger partial charge in [0, 0.05) is 13.2 Å². The van der Waals surface area contributed by atoms with Gasteiger partial charge in [0.1, 0.15) is 6.04 Å². The lowest BCUT2D eigenvalue weighted by Gasteiger charge is -2.26. The lowest BCUT2D eigenvalue weighted by molar-refractivity contribution is -0.148. The summed E-state index contributed by atoms with van der Waals surface area (Å²) in [6, 6.07) is -0.776. The van der Waals surface area contributed by atoms with Crippen LogP contribution in [0.4, 0.5) is 0 Å². The summed E-state index contributed by atoms with van der Waals surface area (Å²) in [6.45, 7) is 7.09. The molecule has 0 radical (unpaired) electrons. The lowest BCUT2D eigenvalue weighted by Crippen LogP contribution is -2.49. The van der Waals surface area contributed by atoms with Crippen LogP contribution < -0.4 is 0 Å². The monoisotopic (exact) mass is 272 g/mol. The van der Waals surface area contributed by atoms with Crippen molar-refractivity contribution in [2.45, 2.75) is 18.9 Å². The summed E-state index contributed by atoms with van der Waals surface area (Å²) in [7, 11) is 1.61. The molecule has 5 nitrogen and oxygen atoms in total. The second-order valence-corrected chi connectivity index (χ2v) is 4.64. The largest absolute Gasteiger partial charge is 0.321 e. The molecule has 2 rings (SSSR count). The maximum Gasteiger partial charge on any atom is 0.262 e. The van der Waals surface area contributed by atoms with Gasteiger partial charge >= 0.3 is 0 Å². The highest BCUT2D eigenvalue weighted by atomic mass is 16.2. The van der Waals surface area contributed by atoms with E-state index in [1.165, 1.54) is 17.1 Å². The summed E-state index contributed by atoms with van der Waals surface area (Å²) in [4.78, 5) is 39.3. The molecule has 0 bridgehead atoms. The maximum absolute atomic E-state index is 12.3. The number of amides is 3. The first-order chi connectivity index (χ1) is 9.52. The molecule has 20 heavy (non-hydrogen) atoms. The number of carbonyl (C=O) groups is 3. The molecule has 0 aromatic carbocycles. The molecule has 0 aliphatic carbocycles. The number of imide groups is 1. The highest BCUT2D eigenvalue weighted by Crippen LogP contribution is 2.27. The van der Waals surface area contributed by atoms with Crippen LogP contribution in [0, 0.1) is 0 Å². The van der Waals surface area contributed by atoms with Crippen LogP contribution in [0.25, 0.3) is 0 Å². The van der Waals surface area contributed by atoms with E-state index in [0.29, 0.717) is 12.8 Å². The minimum Gasteiger partial charge on any atom is -0.321 e. The van der Waals surface area contributed by atoms with Crippen LogP contribution in [0.1, 0.15) is 12.8 Å². The average molecular weight is 272 g/mol. The molecule has 0 fully saturated rings. The summed E-state index contributed by atoms with van der Waals surface area (Å²) in [5.41, 5.74) is 0.412. The minimum absolute atomic E-state index is 0.206. The van der Waals surface area contributed by atoms with Crippen LogP contribution in [-0.4, -0.2) is 40.6 Å². The second-order valence-electron chi connectivity index (χ2n) is 4.64. The number of carbonyl (C=O) groups excluding carboxylic acids is 3. The number of hydrogen-bond donors (Lipinski definition) is 0. The smallest absolute Gasteiger partial charge is 0.262 e.